The Hall–Kier alpha value is -1.69. The molecule has 0 saturated carbocycles. The lowest BCUT2D eigenvalue weighted by molar-refractivity contribution is 0.0448. The van der Waals surface area contributed by atoms with Gasteiger partial charge in [-0.15, -0.1) is 0 Å². The highest BCUT2D eigenvalue weighted by Gasteiger charge is 2.26. The number of likely N-dealkylation sites (tertiary alicyclic amines) is 1. The third kappa shape index (κ3) is 2.76. The maximum atomic E-state index is 13.3. The number of halogens is 2. The second kappa shape index (κ2) is 5.30. The van der Waals surface area contributed by atoms with Gasteiger partial charge in [0, 0.05) is 12.1 Å². The fourth-order valence-electron chi connectivity index (χ4n) is 1.91. The lowest BCUT2D eigenvalue weighted by Crippen LogP contribution is -2.28. The van der Waals surface area contributed by atoms with Gasteiger partial charge < -0.3 is 14.7 Å². The molecule has 0 aromatic heterocycles. The van der Waals surface area contributed by atoms with Crippen LogP contribution in [0.3, 0.4) is 0 Å². The second-order valence-corrected chi connectivity index (χ2v) is 4.16. The van der Waals surface area contributed by atoms with Crippen LogP contribution in [-0.2, 0) is 11.3 Å². The summed E-state index contributed by atoms with van der Waals surface area (Å²) < 4.78 is 31.6. The van der Waals surface area contributed by atoms with Gasteiger partial charge in [0.25, 0.3) is 0 Å². The number of benzene rings is 1. The Labute approximate surface area is 103 Å². The van der Waals surface area contributed by atoms with E-state index in [1.54, 1.807) is 0 Å². The van der Waals surface area contributed by atoms with E-state index in [0.717, 1.165) is 6.07 Å². The molecular weight excluding hydrogens is 244 g/mol. The van der Waals surface area contributed by atoms with Crippen LogP contribution in [0.1, 0.15) is 12.0 Å². The average Bonchev–Trinajstić information content (AvgIpc) is 2.80. The summed E-state index contributed by atoms with van der Waals surface area (Å²) in [6.45, 7) is 0.625. The zero-order valence-corrected chi connectivity index (χ0v) is 9.60. The molecule has 98 valence electrons. The first-order valence-corrected chi connectivity index (χ1v) is 5.60. The molecule has 1 aliphatic heterocycles. The van der Waals surface area contributed by atoms with E-state index < -0.39 is 17.7 Å². The topological polar surface area (TPSA) is 49.8 Å². The van der Waals surface area contributed by atoms with E-state index in [9.17, 15) is 13.6 Å². The minimum atomic E-state index is -0.988. The van der Waals surface area contributed by atoms with Crippen LogP contribution in [0.25, 0.3) is 0 Å². The van der Waals surface area contributed by atoms with Crippen molar-refractivity contribution in [1.29, 1.82) is 0 Å². The molecule has 1 amide bonds. The van der Waals surface area contributed by atoms with Crippen molar-refractivity contribution in [3.63, 3.8) is 0 Å². The molecule has 18 heavy (non-hydrogen) atoms. The van der Waals surface area contributed by atoms with Crippen LogP contribution < -0.4 is 0 Å². The molecule has 1 aromatic carbocycles. The van der Waals surface area contributed by atoms with E-state index in [0.29, 0.717) is 13.0 Å². The molecule has 1 N–H and O–H groups in total. The third-order valence-corrected chi connectivity index (χ3v) is 2.92. The molecule has 0 bridgehead atoms. The summed E-state index contributed by atoms with van der Waals surface area (Å²) in [6, 6.07) is 3.90. The van der Waals surface area contributed by atoms with Crippen molar-refractivity contribution in [3.8, 4) is 0 Å². The van der Waals surface area contributed by atoms with E-state index in [1.165, 1.54) is 17.0 Å². The molecule has 1 aromatic rings. The second-order valence-electron chi connectivity index (χ2n) is 4.16. The zero-order chi connectivity index (χ0) is 13.1. The molecule has 1 saturated heterocycles. The number of hydrogen-bond acceptors (Lipinski definition) is 2. The first-order valence-electron chi connectivity index (χ1n) is 5.60. The van der Waals surface area contributed by atoms with Gasteiger partial charge in [0.15, 0.2) is 11.6 Å². The van der Waals surface area contributed by atoms with Gasteiger partial charge in [-0.3, -0.25) is 0 Å². The van der Waals surface area contributed by atoms with Crippen LogP contribution in [0.15, 0.2) is 18.2 Å². The minimum absolute atomic E-state index is 0.0539. The van der Waals surface area contributed by atoms with Gasteiger partial charge in [0.2, 0.25) is 0 Å². The summed E-state index contributed by atoms with van der Waals surface area (Å²) in [7, 11) is 0. The summed E-state index contributed by atoms with van der Waals surface area (Å²) in [4.78, 5) is 11.9. The van der Waals surface area contributed by atoms with Gasteiger partial charge >= 0.3 is 6.09 Å². The number of rotatable bonds is 3. The summed E-state index contributed by atoms with van der Waals surface area (Å²) in [5.41, 5.74) is 0.142. The first kappa shape index (κ1) is 12.8. The fourth-order valence-corrected chi connectivity index (χ4v) is 1.91. The Morgan fingerprint density at radius 1 is 1.50 bits per heavy atom. The van der Waals surface area contributed by atoms with Gasteiger partial charge in [-0.2, -0.15) is 0 Å². The number of ether oxygens (including phenoxy) is 1. The van der Waals surface area contributed by atoms with Crippen molar-refractivity contribution < 1.29 is 23.4 Å². The Bertz CT molecular complexity index is 453. The van der Waals surface area contributed by atoms with E-state index in [2.05, 4.69) is 0 Å². The molecule has 4 nitrogen and oxygen atoms in total. The molecule has 6 heteroatoms. The van der Waals surface area contributed by atoms with Crippen LogP contribution >= 0.6 is 0 Å². The fraction of sp³-hybridized carbons (Fsp3) is 0.417. The lowest BCUT2D eigenvalue weighted by atomic mass is 10.2. The van der Waals surface area contributed by atoms with E-state index in [1.807, 2.05) is 0 Å². The summed E-state index contributed by atoms with van der Waals surface area (Å²) in [6.07, 6.45) is -0.676. The minimum Gasteiger partial charge on any atom is -0.465 e. The summed E-state index contributed by atoms with van der Waals surface area (Å²) in [5.74, 6) is -1.82. The van der Waals surface area contributed by atoms with E-state index >= 15 is 0 Å². The predicted molar refractivity (Wildman–Crippen MR) is 59.1 cm³/mol. The molecule has 1 fully saturated rings. The molecule has 0 spiro atoms. The van der Waals surface area contributed by atoms with Crippen molar-refractivity contribution in [1.82, 2.24) is 4.90 Å². The monoisotopic (exact) mass is 257 g/mol. The molecule has 1 aliphatic rings. The third-order valence-electron chi connectivity index (χ3n) is 2.92. The smallest absolute Gasteiger partial charge is 0.407 e. The van der Waals surface area contributed by atoms with Crippen LogP contribution in [0.4, 0.5) is 13.6 Å². The van der Waals surface area contributed by atoms with E-state index in [-0.39, 0.29) is 24.8 Å². The largest absolute Gasteiger partial charge is 0.465 e. The molecule has 1 unspecified atom stereocenters. The van der Waals surface area contributed by atoms with Gasteiger partial charge in [-0.25, -0.2) is 13.6 Å². The van der Waals surface area contributed by atoms with Crippen LogP contribution in [0.2, 0.25) is 0 Å². The number of hydrogen-bond donors (Lipinski definition) is 1. The molecule has 1 atom stereocenters. The molecule has 0 aliphatic carbocycles. The molecule has 0 radical (unpaired) electrons. The maximum absolute atomic E-state index is 13.3. The summed E-state index contributed by atoms with van der Waals surface area (Å²) in [5, 5.41) is 8.76. The SMILES string of the molecule is O=C(O)N1CCC(OCc2cccc(F)c2F)C1. The quantitative estimate of drug-likeness (QED) is 0.903. The van der Waals surface area contributed by atoms with Crippen molar-refractivity contribution in [2.45, 2.75) is 19.1 Å². The van der Waals surface area contributed by atoms with Crippen LogP contribution in [0.5, 0.6) is 0 Å². The summed E-state index contributed by atoms with van der Waals surface area (Å²) >= 11 is 0. The van der Waals surface area contributed by atoms with Crippen molar-refractivity contribution >= 4 is 6.09 Å². The highest BCUT2D eigenvalue weighted by atomic mass is 19.2. The lowest BCUT2D eigenvalue weighted by Gasteiger charge is -2.13. The number of carbonyl (C=O) groups is 1. The predicted octanol–water partition coefficient (Wildman–Crippen LogP) is 2.23. The maximum Gasteiger partial charge on any atom is 0.407 e. The molecule has 2 rings (SSSR count). The Morgan fingerprint density at radius 3 is 2.94 bits per heavy atom. The van der Waals surface area contributed by atoms with Gasteiger partial charge in [0.05, 0.1) is 19.3 Å². The van der Waals surface area contributed by atoms with Crippen LogP contribution in [0, 0.1) is 11.6 Å². The molecular formula is C12H13F2NO3. The average molecular weight is 257 g/mol. The van der Waals surface area contributed by atoms with Crippen molar-refractivity contribution in [2.75, 3.05) is 13.1 Å². The Morgan fingerprint density at radius 2 is 2.28 bits per heavy atom. The highest BCUT2D eigenvalue weighted by molar-refractivity contribution is 5.65. The van der Waals surface area contributed by atoms with Crippen LogP contribution in [-0.4, -0.2) is 35.3 Å². The van der Waals surface area contributed by atoms with Gasteiger partial charge in [-0.05, 0) is 12.5 Å². The normalized spacial score (nSPS) is 19.2. The first-order chi connectivity index (χ1) is 8.58. The Balaban J connectivity index is 1.89. The number of nitrogens with zero attached hydrogens (tertiary/aromatic N) is 1. The van der Waals surface area contributed by atoms with E-state index in [4.69, 9.17) is 9.84 Å². The highest BCUT2D eigenvalue weighted by Crippen LogP contribution is 2.17. The van der Waals surface area contributed by atoms with Crippen molar-refractivity contribution in [3.05, 3.63) is 35.4 Å². The number of carboxylic acid groups (broad SMARTS) is 1. The number of amides is 1. The van der Waals surface area contributed by atoms with Gasteiger partial charge in [-0.1, -0.05) is 12.1 Å². The molecule has 1 heterocycles. The Kier molecular flexibility index (Phi) is 3.76. The standard InChI is InChI=1S/C12H13F2NO3/c13-10-3-1-2-8(11(10)14)7-18-9-4-5-15(6-9)12(16)17/h1-3,9H,4-7H2,(H,16,17). The van der Waals surface area contributed by atoms with Gasteiger partial charge in [0.1, 0.15) is 0 Å². The van der Waals surface area contributed by atoms with Crippen molar-refractivity contribution in [2.24, 2.45) is 0 Å². The zero-order valence-electron chi connectivity index (χ0n) is 9.60.